The Morgan fingerprint density at radius 3 is 2.72 bits per heavy atom. The third kappa shape index (κ3) is 3.28. The summed E-state index contributed by atoms with van der Waals surface area (Å²) in [5, 5.41) is 0. The van der Waals surface area contributed by atoms with Crippen LogP contribution in [0.25, 0.3) is 0 Å². The van der Waals surface area contributed by atoms with Crippen molar-refractivity contribution in [1.82, 2.24) is 14.8 Å². The largest absolute Gasteiger partial charge is 0.330 e. The van der Waals surface area contributed by atoms with Crippen molar-refractivity contribution in [3.05, 3.63) is 30.1 Å². The molecular formula is C14H24N4. The van der Waals surface area contributed by atoms with E-state index in [2.05, 4.69) is 40.9 Å². The molecule has 2 unspecified atom stereocenters. The lowest BCUT2D eigenvalue weighted by molar-refractivity contribution is 0.0430. The first kappa shape index (κ1) is 13.5. The van der Waals surface area contributed by atoms with Crippen molar-refractivity contribution in [2.75, 3.05) is 26.7 Å². The van der Waals surface area contributed by atoms with E-state index in [4.69, 9.17) is 5.73 Å². The number of aromatic nitrogens is 1. The zero-order valence-electron chi connectivity index (χ0n) is 11.4. The molecule has 1 aromatic heterocycles. The lowest BCUT2D eigenvalue weighted by Crippen LogP contribution is -2.55. The first-order valence-electron chi connectivity index (χ1n) is 6.74. The van der Waals surface area contributed by atoms with Crippen LogP contribution in [-0.4, -0.2) is 53.5 Å². The van der Waals surface area contributed by atoms with Crippen LogP contribution in [0.4, 0.5) is 0 Å². The van der Waals surface area contributed by atoms with E-state index >= 15 is 0 Å². The molecule has 0 aliphatic carbocycles. The molecule has 0 saturated carbocycles. The summed E-state index contributed by atoms with van der Waals surface area (Å²) < 4.78 is 0. The summed E-state index contributed by atoms with van der Waals surface area (Å²) in [5.41, 5.74) is 7.08. The average molecular weight is 248 g/mol. The molecule has 2 rings (SSSR count). The van der Waals surface area contributed by atoms with Crippen LogP contribution in [0.15, 0.2) is 24.5 Å². The molecule has 2 heterocycles. The van der Waals surface area contributed by atoms with Crippen molar-refractivity contribution < 1.29 is 0 Å². The number of piperazine rings is 1. The van der Waals surface area contributed by atoms with Gasteiger partial charge in [-0.1, -0.05) is 0 Å². The minimum atomic E-state index is 0.573. The maximum absolute atomic E-state index is 5.74. The van der Waals surface area contributed by atoms with Crippen LogP contribution >= 0.6 is 0 Å². The molecule has 0 spiro atoms. The predicted octanol–water partition coefficient (Wildman–Crippen LogP) is 0.935. The van der Waals surface area contributed by atoms with Gasteiger partial charge in [0.05, 0.1) is 0 Å². The van der Waals surface area contributed by atoms with E-state index in [9.17, 15) is 0 Å². The third-order valence-corrected chi connectivity index (χ3v) is 3.90. The van der Waals surface area contributed by atoms with Crippen molar-refractivity contribution in [1.29, 1.82) is 0 Å². The lowest BCUT2D eigenvalue weighted by atomic mass is 10.0. The van der Waals surface area contributed by atoms with E-state index in [0.29, 0.717) is 12.1 Å². The van der Waals surface area contributed by atoms with E-state index in [-0.39, 0.29) is 0 Å². The highest BCUT2D eigenvalue weighted by molar-refractivity contribution is 5.10. The highest BCUT2D eigenvalue weighted by atomic mass is 15.3. The van der Waals surface area contributed by atoms with Crippen molar-refractivity contribution in [2.45, 2.75) is 32.0 Å². The van der Waals surface area contributed by atoms with Gasteiger partial charge in [-0.05, 0) is 44.6 Å². The molecule has 0 aromatic carbocycles. The Kier molecular flexibility index (Phi) is 4.69. The first-order valence-corrected chi connectivity index (χ1v) is 6.74. The lowest BCUT2D eigenvalue weighted by Gasteiger charge is -2.44. The molecule has 4 nitrogen and oxygen atoms in total. The smallest absolute Gasteiger partial charge is 0.0271 e. The maximum Gasteiger partial charge on any atom is 0.0271 e. The highest BCUT2D eigenvalue weighted by Crippen LogP contribution is 2.18. The minimum Gasteiger partial charge on any atom is -0.330 e. The van der Waals surface area contributed by atoms with Crippen LogP contribution in [0.2, 0.25) is 0 Å². The van der Waals surface area contributed by atoms with Crippen LogP contribution in [-0.2, 0) is 6.54 Å². The van der Waals surface area contributed by atoms with Crippen LogP contribution in [0.5, 0.6) is 0 Å². The number of pyridine rings is 1. The van der Waals surface area contributed by atoms with E-state index in [1.807, 2.05) is 12.4 Å². The molecule has 1 fully saturated rings. The van der Waals surface area contributed by atoms with Gasteiger partial charge in [-0.3, -0.25) is 9.88 Å². The molecule has 100 valence electrons. The van der Waals surface area contributed by atoms with Crippen LogP contribution in [0.3, 0.4) is 0 Å². The molecule has 4 heteroatoms. The summed E-state index contributed by atoms with van der Waals surface area (Å²) in [5.74, 6) is 0. The van der Waals surface area contributed by atoms with Crippen LogP contribution in [0, 0.1) is 0 Å². The topological polar surface area (TPSA) is 45.4 Å². The summed E-state index contributed by atoms with van der Waals surface area (Å²) in [6.45, 7) is 6.29. The van der Waals surface area contributed by atoms with Crippen molar-refractivity contribution >= 4 is 0 Å². The molecular weight excluding hydrogens is 224 g/mol. The van der Waals surface area contributed by atoms with E-state index in [1.54, 1.807) is 0 Å². The number of nitrogens with two attached hydrogens (primary N) is 1. The van der Waals surface area contributed by atoms with Crippen LogP contribution < -0.4 is 5.73 Å². The molecule has 1 aliphatic rings. The number of nitrogens with zero attached hydrogens (tertiary/aromatic N) is 3. The predicted molar refractivity (Wildman–Crippen MR) is 74.2 cm³/mol. The Morgan fingerprint density at radius 2 is 2.06 bits per heavy atom. The quantitative estimate of drug-likeness (QED) is 0.861. The Bertz CT molecular complexity index is 354. The molecule has 2 N–H and O–H groups in total. The van der Waals surface area contributed by atoms with Gasteiger partial charge in [-0.25, -0.2) is 0 Å². The summed E-state index contributed by atoms with van der Waals surface area (Å²) in [6, 6.07) is 5.38. The Labute approximate surface area is 110 Å². The van der Waals surface area contributed by atoms with Crippen molar-refractivity contribution in [3.63, 3.8) is 0 Å². The second-order valence-electron chi connectivity index (χ2n) is 5.30. The fraction of sp³-hybridized carbons (Fsp3) is 0.643. The Hall–Kier alpha value is -0.970. The third-order valence-electron chi connectivity index (χ3n) is 3.90. The van der Waals surface area contributed by atoms with Gasteiger partial charge in [-0.15, -0.1) is 0 Å². The highest BCUT2D eigenvalue weighted by Gasteiger charge is 2.28. The molecule has 18 heavy (non-hydrogen) atoms. The second-order valence-corrected chi connectivity index (χ2v) is 5.30. The van der Waals surface area contributed by atoms with E-state index in [0.717, 1.165) is 32.6 Å². The maximum atomic E-state index is 5.74. The standard InChI is InChI=1S/C14H24N4/c1-12-9-18(10-13-4-7-16-8-5-13)14(3-6-15)11-17(12)2/h4-5,7-8,12,14H,3,6,9-11,15H2,1-2H3. The van der Waals surface area contributed by atoms with E-state index in [1.165, 1.54) is 5.56 Å². The molecule has 0 bridgehead atoms. The summed E-state index contributed by atoms with van der Waals surface area (Å²) in [7, 11) is 2.21. The zero-order valence-corrected chi connectivity index (χ0v) is 11.4. The number of hydrogen-bond acceptors (Lipinski definition) is 4. The molecule has 2 atom stereocenters. The minimum absolute atomic E-state index is 0.573. The van der Waals surface area contributed by atoms with Gasteiger partial charge in [0.15, 0.2) is 0 Å². The number of rotatable bonds is 4. The van der Waals surface area contributed by atoms with Crippen molar-refractivity contribution in [2.24, 2.45) is 5.73 Å². The fourth-order valence-electron chi connectivity index (χ4n) is 2.64. The van der Waals surface area contributed by atoms with Gasteiger partial charge >= 0.3 is 0 Å². The van der Waals surface area contributed by atoms with Gasteiger partial charge in [0, 0.05) is 44.1 Å². The molecule has 1 aromatic rings. The molecule has 0 radical (unpaired) electrons. The number of hydrogen-bond donors (Lipinski definition) is 1. The van der Waals surface area contributed by atoms with Gasteiger partial charge in [0.25, 0.3) is 0 Å². The molecule has 1 aliphatic heterocycles. The number of likely N-dealkylation sites (N-methyl/N-ethyl adjacent to an activating group) is 1. The summed E-state index contributed by atoms with van der Waals surface area (Å²) in [4.78, 5) is 9.07. The second kappa shape index (κ2) is 6.27. The fourth-order valence-corrected chi connectivity index (χ4v) is 2.64. The average Bonchev–Trinajstić information content (AvgIpc) is 2.37. The normalized spacial score (nSPS) is 26.4. The Morgan fingerprint density at radius 1 is 1.33 bits per heavy atom. The van der Waals surface area contributed by atoms with Crippen molar-refractivity contribution in [3.8, 4) is 0 Å². The zero-order chi connectivity index (χ0) is 13.0. The first-order chi connectivity index (χ1) is 8.70. The Balaban J connectivity index is 2.03. The van der Waals surface area contributed by atoms with Crippen LogP contribution in [0.1, 0.15) is 18.9 Å². The van der Waals surface area contributed by atoms with Gasteiger partial charge < -0.3 is 10.6 Å². The monoisotopic (exact) mass is 248 g/mol. The molecule has 1 saturated heterocycles. The van der Waals surface area contributed by atoms with Gasteiger partial charge in [0.2, 0.25) is 0 Å². The van der Waals surface area contributed by atoms with Gasteiger partial charge in [-0.2, -0.15) is 0 Å². The van der Waals surface area contributed by atoms with Gasteiger partial charge in [0.1, 0.15) is 0 Å². The SMILES string of the molecule is CC1CN(Cc2ccncc2)C(CCN)CN1C. The summed E-state index contributed by atoms with van der Waals surface area (Å²) >= 11 is 0. The van der Waals surface area contributed by atoms with E-state index < -0.39 is 0 Å². The molecule has 0 amide bonds. The summed E-state index contributed by atoms with van der Waals surface area (Å²) in [6.07, 6.45) is 4.81.